The predicted octanol–water partition coefficient (Wildman–Crippen LogP) is 1.24. The molecule has 0 aromatic heterocycles. The minimum Gasteiger partial charge on any atom is -0.378 e. The highest BCUT2D eigenvalue weighted by atomic mass is 16.5. The molecule has 1 N–H and O–H groups in total. The van der Waals surface area contributed by atoms with E-state index in [9.17, 15) is 4.79 Å². The number of amides is 2. The van der Waals surface area contributed by atoms with Gasteiger partial charge in [0.05, 0.1) is 13.2 Å². The monoisotopic (exact) mass is 332 g/mol. The standard InChI is InChI=1S/C18H28N4O2/c1-16(19-18(23)22-11-13-24-14-12-22)15-20-7-9-21(10-8-20)17-5-3-2-4-6-17/h2-6,16H,7-15H2,1H3,(H,19,23)/t16-/m1/s1. The van der Waals surface area contributed by atoms with Crippen LogP contribution in [-0.4, -0.2) is 80.9 Å². The lowest BCUT2D eigenvalue weighted by Gasteiger charge is -2.37. The van der Waals surface area contributed by atoms with Crippen molar-refractivity contribution >= 4 is 11.7 Å². The molecule has 0 bridgehead atoms. The molecule has 0 radical (unpaired) electrons. The number of carbonyl (C=O) groups excluding carboxylic acids is 1. The number of rotatable bonds is 4. The summed E-state index contributed by atoms with van der Waals surface area (Å²) in [6, 6.07) is 10.8. The van der Waals surface area contributed by atoms with Gasteiger partial charge in [-0.2, -0.15) is 0 Å². The first-order valence-corrected chi connectivity index (χ1v) is 8.88. The molecule has 2 aliphatic heterocycles. The quantitative estimate of drug-likeness (QED) is 0.901. The smallest absolute Gasteiger partial charge is 0.317 e. The van der Waals surface area contributed by atoms with E-state index in [2.05, 4.69) is 52.4 Å². The molecule has 2 saturated heterocycles. The number of morpholine rings is 1. The molecule has 2 fully saturated rings. The van der Waals surface area contributed by atoms with Crippen molar-refractivity contribution in [3.05, 3.63) is 30.3 Å². The lowest BCUT2D eigenvalue weighted by atomic mass is 10.2. The second-order valence-electron chi connectivity index (χ2n) is 6.57. The minimum atomic E-state index is 0.0359. The predicted molar refractivity (Wildman–Crippen MR) is 95.5 cm³/mol. The molecule has 132 valence electrons. The molecule has 3 rings (SSSR count). The zero-order valence-corrected chi connectivity index (χ0v) is 14.5. The van der Waals surface area contributed by atoms with Gasteiger partial charge in [0.2, 0.25) is 0 Å². The Morgan fingerprint density at radius 2 is 1.75 bits per heavy atom. The van der Waals surface area contributed by atoms with Gasteiger partial charge in [-0.15, -0.1) is 0 Å². The minimum absolute atomic E-state index is 0.0359. The number of nitrogens with one attached hydrogen (secondary N) is 1. The summed E-state index contributed by atoms with van der Waals surface area (Å²) in [5.74, 6) is 0. The summed E-state index contributed by atoms with van der Waals surface area (Å²) in [4.78, 5) is 18.9. The van der Waals surface area contributed by atoms with E-state index in [1.807, 2.05) is 4.90 Å². The first kappa shape index (κ1) is 17.0. The Labute approximate surface area is 144 Å². The molecule has 2 amide bonds. The fourth-order valence-corrected chi connectivity index (χ4v) is 3.33. The van der Waals surface area contributed by atoms with E-state index < -0.39 is 0 Å². The fourth-order valence-electron chi connectivity index (χ4n) is 3.33. The number of hydrogen-bond donors (Lipinski definition) is 1. The van der Waals surface area contributed by atoms with Crippen molar-refractivity contribution in [2.24, 2.45) is 0 Å². The highest BCUT2D eigenvalue weighted by molar-refractivity contribution is 5.74. The molecule has 0 aliphatic carbocycles. The van der Waals surface area contributed by atoms with E-state index in [1.54, 1.807) is 0 Å². The number of ether oxygens (including phenoxy) is 1. The Kier molecular flexibility index (Phi) is 5.93. The van der Waals surface area contributed by atoms with Gasteiger partial charge in [-0.25, -0.2) is 4.79 Å². The summed E-state index contributed by atoms with van der Waals surface area (Å²) in [5, 5.41) is 3.12. The maximum atomic E-state index is 12.2. The third-order valence-electron chi connectivity index (χ3n) is 4.69. The van der Waals surface area contributed by atoms with Crippen molar-refractivity contribution < 1.29 is 9.53 Å². The van der Waals surface area contributed by atoms with Crippen LogP contribution in [0.4, 0.5) is 10.5 Å². The van der Waals surface area contributed by atoms with Crippen molar-refractivity contribution in [2.45, 2.75) is 13.0 Å². The maximum absolute atomic E-state index is 12.2. The number of urea groups is 1. The largest absolute Gasteiger partial charge is 0.378 e. The molecule has 0 unspecified atom stereocenters. The summed E-state index contributed by atoms with van der Waals surface area (Å²) in [6.07, 6.45) is 0. The molecule has 1 aromatic rings. The molecular formula is C18H28N4O2. The zero-order valence-electron chi connectivity index (χ0n) is 14.5. The molecule has 0 spiro atoms. The molecule has 0 saturated carbocycles. The highest BCUT2D eigenvalue weighted by Crippen LogP contribution is 2.15. The molecule has 1 aromatic carbocycles. The number of anilines is 1. The Bertz CT molecular complexity index is 511. The van der Waals surface area contributed by atoms with Gasteiger partial charge in [0.15, 0.2) is 0 Å². The van der Waals surface area contributed by atoms with E-state index in [1.165, 1.54) is 5.69 Å². The second-order valence-corrected chi connectivity index (χ2v) is 6.57. The Morgan fingerprint density at radius 1 is 1.08 bits per heavy atom. The molecule has 1 atom stereocenters. The Morgan fingerprint density at radius 3 is 2.42 bits per heavy atom. The highest BCUT2D eigenvalue weighted by Gasteiger charge is 2.22. The first-order chi connectivity index (χ1) is 11.7. The molecule has 6 heteroatoms. The topological polar surface area (TPSA) is 48.0 Å². The third-order valence-corrected chi connectivity index (χ3v) is 4.69. The summed E-state index contributed by atoms with van der Waals surface area (Å²) in [6.45, 7) is 9.79. The average molecular weight is 332 g/mol. The molecule has 24 heavy (non-hydrogen) atoms. The maximum Gasteiger partial charge on any atom is 0.317 e. The summed E-state index contributed by atoms with van der Waals surface area (Å²) < 4.78 is 5.29. The van der Waals surface area contributed by atoms with Crippen LogP contribution >= 0.6 is 0 Å². The van der Waals surface area contributed by atoms with Gasteiger partial charge in [0.1, 0.15) is 0 Å². The van der Waals surface area contributed by atoms with Crippen molar-refractivity contribution in [3.8, 4) is 0 Å². The van der Waals surface area contributed by atoms with Crippen LogP contribution in [0.15, 0.2) is 30.3 Å². The first-order valence-electron chi connectivity index (χ1n) is 8.88. The van der Waals surface area contributed by atoms with Crippen molar-refractivity contribution in [1.29, 1.82) is 0 Å². The molecule has 6 nitrogen and oxygen atoms in total. The Balaban J connectivity index is 1.40. The lowest BCUT2D eigenvalue weighted by molar-refractivity contribution is 0.0522. The lowest BCUT2D eigenvalue weighted by Crippen LogP contribution is -2.53. The number of piperazine rings is 1. The summed E-state index contributed by atoms with van der Waals surface area (Å²) >= 11 is 0. The summed E-state index contributed by atoms with van der Waals surface area (Å²) in [7, 11) is 0. The van der Waals surface area contributed by atoms with Gasteiger partial charge >= 0.3 is 6.03 Å². The van der Waals surface area contributed by atoms with E-state index >= 15 is 0 Å². The van der Waals surface area contributed by atoms with Crippen molar-refractivity contribution in [2.75, 3.05) is 63.9 Å². The molecule has 2 heterocycles. The normalized spacial score (nSPS) is 20.7. The zero-order chi connectivity index (χ0) is 16.8. The van der Waals surface area contributed by atoms with Crippen molar-refractivity contribution in [1.82, 2.24) is 15.1 Å². The number of benzene rings is 1. The SMILES string of the molecule is C[C@H](CN1CCN(c2ccccc2)CC1)NC(=O)N1CCOCC1. The van der Waals surface area contributed by atoms with E-state index in [4.69, 9.17) is 4.74 Å². The van der Waals surface area contributed by atoms with E-state index in [-0.39, 0.29) is 12.1 Å². The van der Waals surface area contributed by atoms with Crippen LogP contribution in [0, 0.1) is 0 Å². The Hall–Kier alpha value is -1.79. The van der Waals surface area contributed by atoms with Gasteiger partial charge in [-0.1, -0.05) is 18.2 Å². The van der Waals surface area contributed by atoms with E-state index in [0.29, 0.717) is 26.3 Å². The van der Waals surface area contributed by atoms with Crippen LogP contribution in [0.5, 0.6) is 0 Å². The second kappa shape index (κ2) is 8.35. The van der Waals surface area contributed by atoms with E-state index in [0.717, 1.165) is 32.7 Å². The van der Waals surface area contributed by atoms with Crippen LogP contribution in [0.1, 0.15) is 6.92 Å². The fraction of sp³-hybridized carbons (Fsp3) is 0.611. The van der Waals surface area contributed by atoms with Crippen LogP contribution in [0.25, 0.3) is 0 Å². The molecular weight excluding hydrogens is 304 g/mol. The number of nitrogens with zero attached hydrogens (tertiary/aromatic N) is 3. The van der Waals surface area contributed by atoms with Crippen LogP contribution in [-0.2, 0) is 4.74 Å². The number of para-hydroxylation sites is 1. The van der Waals surface area contributed by atoms with Crippen LogP contribution < -0.4 is 10.2 Å². The summed E-state index contributed by atoms with van der Waals surface area (Å²) in [5.41, 5.74) is 1.30. The van der Waals surface area contributed by atoms with Gasteiger partial charge in [0.25, 0.3) is 0 Å². The number of carbonyl (C=O) groups is 1. The van der Waals surface area contributed by atoms with Gasteiger partial charge in [0, 0.05) is 57.5 Å². The molecule has 2 aliphatic rings. The van der Waals surface area contributed by atoms with Crippen molar-refractivity contribution in [3.63, 3.8) is 0 Å². The average Bonchev–Trinajstić information content (AvgIpc) is 2.64. The van der Waals surface area contributed by atoms with Crippen LogP contribution in [0.2, 0.25) is 0 Å². The van der Waals surface area contributed by atoms with Crippen LogP contribution in [0.3, 0.4) is 0 Å². The third kappa shape index (κ3) is 4.61. The van der Waals surface area contributed by atoms with Gasteiger partial charge in [-0.3, -0.25) is 4.90 Å². The number of hydrogen-bond acceptors (Lipinski definition) is 4. The van der Waals surface area contributed by atoms with Gasteiger partial charge < -0.3 is 19.9 Å². The van der Waals surface area contributed by atoms with Gasteiger partial charge in [-0.05, 0) is 19.1 Å².